The summed E-state index contributed by atoms with van der Waals surface area (Å²) in [5, 5.41) is 23.1. The highest BCUT2D eigenvalue weighted by Gasteiger charge is 2.35. The number of rotatable bonds is 3. The number of hydrogen-bond donors (Lipinski definition) is 2. The van der Waals surface area contributed by atoms with E-state index in [0.29, 0.717) is 5.70 Å². The topological polar surface area (TPSA) is 122 Å². The van der Waals surface area contributed by atoms with Crippen LogP contribution in [0, 0.1) is 10.1 Å². The summed E-state index contributed by atoms with van der Waals surface area (Å²) in [4.78, 5) is 35.5. The van der Waals surface area contributed by atoms with Gasteiger partial charge in [-0.25, -0.2) is 9.59 Å². The summed E-state index contributed by atoms with van der Waals surface area (Å²) < 4.78 is 4.74. The van der Waals surface area contributed by atoms with E-state index in [1.165, 1.54) is 25.1 Å². The van der Waals surface area contributed by atoms with Crippen LogP contribution in [0.2, 0.25) is 0 Å². The van der Waals surface area contributed by atoms with Crippen LogP contribution < -0.4 is 5.32 Å². The molecule has 0 fully saturated rings. The van der Waals surface area contributed by atoms with E-state index >= 15 is 0 Å². The number of benzene rings is 1. The van der Waals surface area contributed by atoms with E-state index in [1.807, 2.05) is 0 Å². The molecule has 122 valence electrons. The number of phenolic OH excluding ortho intramolecular Hbond substituents is 1. The number of nitro groups is 1. The van der Waals surface area contributed by atoms with E-state index < -0.39 is 34.4 Å². The molecule has 2 rings (SSSR count). The molecule has 1 aliphatic heterocycles. The van der Waals surface area contributed by atoms with Crippen molar-refractivity contribution in [1.82, 2.24) is 10.2 Å². The Kier molecular flexibility index (Phi) is 4.21. The molecule has 1 aliphatic rings. The normalized spacial score (nSPS) is 17.8. The van der Waals surface area contributed by atoms with Gasteiger partial charge >= 0.3 is 17.7 Å². The predicted octanol–water partition coefficient (Wildman–Crippen LogP) is 1.44. The number of hydrogen-bond acceptors (Lipinski definition) is 6. The number of methoxy groups -OCH3 is 1. The molecule has 0 aromatic heterocycles. The second kappa shape index (κ2) is 5.95. The van der Waals surface area contributed by atoms with Crippen LogP contribution >= 0.6 is 0 Å². The van der Waals surface area contributed by atoms with Gasteiger partial charge in [-0.15, -0.1) is 0 Å². The summed E-state index contributed by atoms with van der Waals surface area (Å²) >= 11 is 0. The van der Waals surface area contributed by atoms with E-state index in [9.17, 15) is 24.8 Å². The fraction of sp³-hybridized carbons (Fsp3) is 0.286. The van der Waals surface area contributed by atoms with Gasteiger partial charge in [0, 0.05) is 18.8 Å². The zero-order chi connectivity index (χ0) is 17.3. The van der Waals surface area contributed by atoms with Gasteiger partial charge < -0.3 is 20.1 Å². The van der Waals surface area contributed by atoms with E-state index in [-0.39, 0.29) is 11.1 Å². The van der Waals surface area contributed by atoms with Crippen LogP contribution in [0.15, 0.2) is 29.5 Å². The van der Waals surface area contributed by atoms with Gasteiger partial charge in [0.2, 0.25) is 0 Å². The highest BCUT2D eigenvalue weighted by molar-refractivity contribution is 5.94. The molecule has 0 saturated carbocycles. The molecule has 9 heteroatoms. The molecule has 2 amide bonds. The minimum absolute atomic E-state index is 0.162. The SMILES string of the molecule is COC(=O)C1=C(C)N(C)C(=O)N[C@@H]1c1ccc(O)c([N+](=O)[O-])c1. The van der Waals surface area contributed by atoms with E-state index in [4.69, 9.17) is 4.74 Å². The first-order valence-corrected chi connectivity index (χ1v) is 6.58. The van der Waals surface area contributed by atoms with Gasteiger partial charge in [-0.1, -0.05) is 6.07 Å². The van der Waals surface area contributed by atoms with E-state index in [2.05, 4.69) is 5.32 Å². The van der Waals surface area contributed by atoms with Crippen LogP contribution in [0.4, 0.5) is 10.5 Å². The van der Waals surface area contributed by atoms with Crippen molar-refractivity contribution in [1.29, 1.82) is 0 Å². The number of nitrogens with one attached hydrogen (secondary N) is 1. The number of aromatic hydroxyl groups is 1. The van der Waals surface area contributed by atoms with Gasteiger partial charge in [-0.2, -0.15) is 0 Å². The highest BCUT2D eigenvalue weighted by atomic mass is 16.6. The summed E-state index contributed by atoms with van der Waals surface area (Å²) in [6.45, 7) is 1.58. The second-order valence-electron chi connectivity index (χ2n) is 4.94. The predicted molar refractivity (Wildman–Crippen MR) is 78.5 cm³/mol. The first-order valence-electron chi connectivity index (χ1n) is 6.58. The quantitative estimate of drug-likeness (QED) is 0.493. The zero-order valence-corrected chi connectivity index (χ0v) is 12.7. The molecule has 0 saturated heterocycles. The lowest BCUT2D eigenvalue weighted by atomic mass is 9.94. The third-order valence-electron chi connectivity index (χ3n) is 3.69. The molecule has 0 aliphatic carbocycles. The Hall–Kier alpha value is -3.10. The van der Waals surface area contributed by atoms with Crippen molar-refractivity contribution in [2.75, 3.05) is 14.2 Å². The molecule has 23 heavy (non-hydrogen) atoms. The maximum atomic E-state index is 12.1. The number of phenols is 1. The van der Waals surface area contributed by atoms with Crippen molar-refractivity contribution in [2.24, 2.45) is 0 Å². The number of allylic oxidation sites excluding steroid dienone is 1. The third-order valence-corrected chi connectivity index (χ3v) is 3.69. The molecular weight excluding hydrogens is 306 g/mol. The van der Waals surface area contributed by atoms with Gasteiger partial charge in [-0.05, 0) is 18.6 Å². The van der Waals surface area contributed by atoms with Crippen LogP contribution in [0.5, 0.6) is 5.75 Å². The maximum absolute atomic E-state index is 12.1. The minimum atomic E-state index is -0.912. The molecule has 0 radical (unpaired) electrons. The van der Waals surface area contributed by atoms with Crippen molar-refractivity contribution < 1.29 is 24.4 Å². The first kappa shape index (κ1) is 16.3. The highest BCUT2D eigenvalue weighted by Crippen LogP contribution is 2.35. The van der Waals surface area contributed by atoms with E-state index in [1.54, 1.807) is 6.92 Å². The first-order chi connectivity index (χ1) is 10.8. The Morgan fingerprint density at radius 1 is 1.48 bits per heavy atom. The number of amides is 2. The summed E-state index contributed by atoms with van der Waals surface area (Å²) in [6.07, 6.45) is 0. The number of carbonyl (C=O) groups excluding carboxylic acids is 2. The monoisotopic (exact) mass is 321 g/mol. The molecule has 0 spiro atoms. The molecule has 1 atom stereocenters. The van der Waals surface area contributed by atoms with Gasteiger partial charge in [-0.3, -0.25) is 10.1 Å². The number of ether oxygens (including phenoxy) is 1. The number of nitrogens with zero attached hydrogens (tertiary/aromatic N) is 2. The second-order valence-corrected chi connectivity index (χ2v) is 4.94. The lowest BCUT2D eigenvalue weighted by Gasteiger charge is -2.33. The maximum Gasteiger partial charge on any atom is 0.337 e. The molecule has 2 N–H and O–H groups in total. The summed E-state index contributed by atoms with van der Waals surface area (Å²) in [7, 11) is 2.69. The molecule has 1 heterocycles. The number of nitro benzene ring substituents is 1. The summed E-state index contributed by atoms with van der Waals surface area (Å²) in [5.74, 6) is -1.16. The minimum Gasteiger partial charge on any atom is -0.502 e. The van der Waals surface area contributed by atoms with E-state index in [0.717, 1.165) is 12.1 Å². The molecular formula is C14H15N3O6. The van der Waals surface area contributed by atoms with Crippen LogP contribution in [0.25, 0.3) is 0 Å². The van der Waals surface area contributed by atoms with Crippen molar-refractivity contribution in [3.05, 3.63) is 45.1 Å². The van der Waals surface area contributed by atoms with Gasteiger partial charge in [0.25, 0.3) is 0 Å². The van der Waals surface area contributed by atoms with Crippen molar-refractivity contribution in [3.8, 4) is 5.75 Å². The summed E-state index contributed by atoms with van der Waals surface area (Å²) in [6, 6.07) is 2.28. The van der Waals surface area contributed by atoms with Crippen molar-refractivity contribution in [2.45, 2.75) is 13.0 Å². The summed E-state index contributed by atoms with van der Waals surface area (Å²) in [5.41, 5.74) is 0.309. The van der Waals surface area contributed by atoms with Crippen LogP contribution in [0.3, 0.4) is 0 Å². The van der Waals surface area contributed by atoms with Gasteiger partial charge in [0.1, 0.15) is 0 Å². The molecule has 1 aromatic carbocycles. The largest absolute Gasteiger partial charge is 0.502 e. The average Bonchev–Trinajstić information content (AvgIpc) is 2.51. The fourth-order valence-corrected chi connectivity index (χ4v) is 2.33. The zero-order valence-electron chi connectivity index (χ0n) is 12.7. The van der Waals surface area contributed by atoms with Crippen molar-refractivity contribution >= 4 is 17.7 Å². The Bertz CT molecular complexity index is 727. The van der Waals surface area contributed by atoms with Crippen LogP contribution in [-0.2, 0) is 9.53 Å². The number of urea groups is 1. The Morgan fingerprint density at radius 3 is 2.70 bits per heavy atom. The fourth-order valence-electron chi connectivity index (χ4n) is 2.33. The third kappa shape index (κ3) is 2.80. The van der Waals surface area contributed by atoms with Crippen LogP contribution in [-0.4, -0.2) is 41.1 Å². The average molecular weight is 321 g/mol. The molecule has 9 nitrogen and oxygen atoms in total. The van der Waals surface area contributed by atoms with Crippen molar-refractivity contribution in [3.63, 3.8) is 0 Å². The molecule has 0 bridgehead atoms. The van der Waals surface area contributed by atoms with Gasteiger partial charge in [0.05, 0.1) is 23.6 Å². The number of carbonyl (C=O) groups is 2. The Labute approximate surface area is 131 Å². The molecule has 1 aromatic rings. The number of esters is 1. The Morgan fingerprint density at radius 2 is 2.13 bits per heavy atom. The molecule has 0 unspecified atom stereocenters. The lowest BCUT2D eigenvalue weighted by Crippen LogP contribution is -2.46. The van der Waals surface area contributed by atoms with Gasteiger partial charge in [0.15, 0.2) is 5.75 Å². The van der Waals surface area contributed by atoms with Crippen LogP contribution in [0.1, 0.15) is 18.5 Å². The Balaban J connectivity index is 2.60. The standard InChI is InChI=1S/C14H15N3O6/c1-7-11(13(19)23-3)12(15-14(20)16(7)2)8-4-5-10(18)9(6-8)17(21)22/h4-6,12,18H,1-3H3,(H,15,20)/t12-/m1/s1. The lowest BCUT2D eigenvalue weighted by molar-refractivity contribution is -0.385. The smallest absolute Gasteiger partial charge is 0.337 e.